The number of pyridine rings is 1. The Labute approximate surface area is 252 Å². The van der Waals surface area contributed by atoms with E-state index in [-0.39, 0.29) is 23.3 Å². The van der Waals surface area contributed by atoms with Crippen molar-refractivity contribution >= 4 is 46.6 Å². The van der Waals surface area contributed by atoms with Crippen LogP contribution in [0, 0.1) is 5.41 Å². The summed E-state index contributed by atoms with van der Waals surface area (Å²) in [7, 11) is 2.88. The van der Waals surface area contributed by atoms with Crippen molar-refractivity contribution < 1.29 is 19.1 Å². The number of carbonyl (C=O) groups excluding carboxylic acids is 2. The summed E-state index contributed by atoms with van der Waals surface area (Å²) in [6.07, 6.45) is 10.3. The van der Waals surface area contributed by atoms with E-state index in [1.807, 2.05) is 54.6 Å². The van der Waals surface area contributed by atoms with Crippen LogP contribution in [0.4, 0.5) is 0 Å². The molecule has 1 aliphatic carbocycles. The zero-order chi connectivity index (χ0) is 29.5. The predicted octanol–water partition coefficient (Wildman–Crippen LogP) is 8.69. The smallest absolute Gasteiger partial charge is 0.338 e. The highest BCUT2D eigenvalue weighted by Gasteiger charge is 2.44. The fourth-order valence-corrected chi connectivity index (χ4v) is 5.87. The van der Waals surface area contributed by atoms with Crippen LogP contribution in [0.1, 0.15) is 77.2 Å². The Morgan fingerprint density at radius 1 is 0.929 bits per heavy atom. The van der Waals surface area contributed by atoms with Gasteiger partial charge in [-0.1, -0.05) is 72.3 Å². The molecule has 3 aromatic carbocycles. The number of nitrogens with zero attached hydrogens (tertiary/aromatic N) is 1. The maximum Gasteiger partial charge on any atom is 0.338 e. The second kappa shape index (κ2) is 13.3. The minimum atomic E-state index is -0.311. The van der Waals surface area contributed by atoms with Crippen molar-refractivity contribution in [3.8, 4) is 0 Å². The molecule has 5 rings (SSSR count). The summed E-state index contributed by atoms with van der Waals surface area (Å²) in [6.45, 7) is 0. The first-order valence-electron chi connectivity index (χ1n) is 14.5. The van der Waals surface area contributed by atoms with Gasteiger partial charge in [0.25, 0.3) is 0 Å². The number of carbonyl (C=O) groups is 2. The molecule has 5 nitrogen and oxygen atoms in total. The molecule has 0 N–H and O–H groups in total. The average molecular weight is 582 g/mol. The lowest BCUT2D eigenvalue weighted by Crippen LogP contribution is -2.13. The van der Waals surface area contributed by atoms with Gasteiger partial charge in [-0.3, -0.25) is 4.79 Å². The van der Waals surface area contributed by atoms with E-state index in [1.54, 1.807) is 0 Å². The van der Waals surface area contributed by atoms with Gasteiger partial charge >= 0.3 is 11.9 Å². The lowest BCUT2D eigenvalue weighted by Gasteiger charge is -2.22. The lowest BCUT2D eigenvalue weighted by atomic mass is 9.83. The van der Waals surface area contributed by atoms with Gasteiger partial charge in [0.15, 0.2) is 0 Å². The molecule has 42 heavy (non-hydrogen) atoms. The Hall–Kier alpha value is -3.96. The molecular formula is C36H36ClNO4. The number of ether oxygens (including phenoxy) is 2. The molecule has 0 spiro atoms. The molecular weight excluding hydrogens is 546 g/mol. The zero-order valence-electron chi connectivity index (χ0n) is 24.1. The topological polar surface area (TPSA) is 65.5 Å². The minimum absolute atomic E-state index is 0.0530. The van der Waals surface area contributed by atoms with Gasteiger partial charge in [-0.15, -0.1) is 0 Å². The van der Waals surface area contributed by atoms with Gasteiger partial charge in [0.1, 0.15) is 0 Å². The first kappa shape index (κ1) is 29.5. The van der Waals surface area contributed by atoms with Crippen LogP contribution >= 0.6 is 11.6 Å². The third-order valence-corrected chi connectivity index (χ3v) is 8.65. The molecule has 1 atom stereocenters. The van der Waals surface area contributed by atoms with Crippen LogP contribution in [0.25, 0.3) is 23.1 Å². The third-order valence-electron chi connectivity index (χ3n) is 8.42. The van der Waals surface area contributed by atoms with Crippen molar-refractivity contribution in [1.82, 2.24) is 4.98 Å². The molecule has 0 unspecified atom stereocenters. The second-order valence-corrected chi connectivity index (χ2v) is 11.7. The number of fused-ring (bicyclic) bond motifs is 1. The first-order valence-corrected chi connectivity index (χ1v) is 14.8. The van der Waals surface area contributed by atoms with E-state index in [4.69, 9.17) is 26.1 Å². The largest absolute Gasteiger partial charge is 0.469 e. The fourth-order valence-electron chi connectivity index (χ4n) is 5.70. The quantitative estimate of drug-likeness (QED) is 0.157. The van der Waals surface area contributed by atoms with Gasteiger partial charge in [0.2, 0.25) is 0 Å². The zero-order valence-corrected chi connectivity index (χ0v) is 24.9. The van der Waals surface area contributed by atoms with Crippen LogP contribution in [0.5, 0.6) is 0 Å². The van der Waals surface area contributed by atoms with Crippen molar-refractivity contribution in [2.45, 2.75) is 50.9 Å². The van der Waals surface area contributed by atoms with Gasteiger partial charge < -0.3 is 9.47 Å². The standard InChI is InChI=1S/C36H36ClNO4/c1-41-34(39)24-36(20-21-36)19-18-26(11-12-27-7-3-4-9-32(27)35(40)42-2)29-8-5-6-25(22-29)10-16-31-17-14-28-13-15-30(37)23-33(28)38-31/h3-10,13-17,22-23,26H,11-12,18-21,24H2,1-2H3/t26-/m0/s1. The van der Waals surface area contributed by atoms with Gasteiger partial charge in [-0.05, 0) is 96.9 Å². The predicted molar refractivity (Wildman–Crippen MR) is 169 cm³/mol. The molecule has 0 radical (unpaired) electrons. The summed E-state index contributed by atoms with van der Waals surface area (Å²) in [4.78, 5) is 29.2. The summed E-state index contributed by atoms with van der Waals surface area (Å²) in [5.74, 6) is -0.179. The number of aromatic nitrogens is 1. The van der Waals surface area contributed by atoms with Crippen LogP contribution in [0.15, 0.2) is 78.9 Å². The van der Waals surface area contributed by atoms with E-state index >= 15 is 0 Å². The van der Waals surface area contributed by atoms with Crippen LogP contribution in [0.2, 0.25) is 5.02 Å². The number of methoxy groups -OCH3 is 2. The maximum absolute atomic E-state index is 12.4. The Kier molecular flexibility index (Phi) is 9.38. The van der Waals surface area contributed by atoms with Gasteiger partial charge in [0.05, 0.1) is 37.4 Å². The highest BCUT2D eigenvalue weighted by Crippen LogP contribution is 2.54. The Bertz CT molecular complexity index is 1610. The van der Waals surface area contributed by atoms with E-state index in [1.165, 1.54) is 19.8 Å². The molecule has 1 aliphatic rings. The van der Waals surface area contributed by atoms with Crippen molar-refractivity contribution in [2.75, 3.05) is 14.2 Å². The third kappa shape index (κ3) is 7.46. The van der Waals surface area contributed by atoms with Crippen molar-refractivity contribution in [3.63, 3.8) is 0 Å². The van der Waals surface area contributed by atoms with E-state index < -0.39 is 0 Å². The summed E-state index contributed by atoms with van der Waals surface area (Å²) in [6, 6.07) is 26.1. The van der Waals surface area contributed by atoms with E-state index in [0.717, 1.165) is 66.2 Å². The SMILES string of the molecule is COC(=O)CC1(CC[C@H](CCc2ccccc2C(=O)OC)c2cccc(C=Cc3ccc4ccc(Cl)cc4n3)c2)CC1. The molecule has 1 saturated carbocycles. The monoisotopic (exact) mass is 581 g/mol. The van der Waals surface area contributed by atoms with E-state index in [0.29, 0.717) is 17.0 Å². The number of aryl methyl sites for hydroxylation is 1. The van der Waals surface area contributed by atoms with Crippen molar-refractivity contribution in [2.24, 2.45) is 5.41 Å². The number of esters is 2. The molecule has 1 fully saturated rings. The molecule has 0 saturated heterocycles. The Morgan fingerprint density at radius 3 is 2.52 bits per heavy atom. The summed E-state index contributed by atoms with van der Waals surface area (Å²) in [5.41, 5.74) is 5.73. The maximum atomic E-state index is 12.4. The molecule has 0 bridgehead atoms. The highest BCUT2D eigenvalue weighted by atomic mass is 35.5. The van der Waals surface area contributed by atoms with Gasteiger partial charge in [0, 0.05) is 10.4 Å². The van der Waals surface area contributed by atoms with Crippen LogP contribution in [0.3, 0.4) is 0 Å². The summed E-state index contributed by atoms with van der Waals surface area (Å²) >= 11 is 6.17. The fraction of sp³-hybridized carbons (Fsp3) is 0.306. The first-order chi connectivity index (χ1) is 20.4. The van der Waals surface area contributed by atoms with Crippen molar-refractivity contribution in [1.29, 1.82) is 0 Å². The Balaban J connectivity index is 1.36. The lowest BCUT2D eigenvalue weighted by molar-refractivity contribution is -0.142. The van der Waals surface area contributed by atoms with Crippen molar-refractivity contribution in [3.05, 3.63) is 112 Å². The van der Waals surface area contributed by atoms with Gasteiger partial charge in [-0.25, -0.2) is 9.78 Å². The molecule has 4 aromatic rings. The number of hydrogen-bond donors (Lipinski definition) is 0. The molecule has 216 valence electrons. The average Bonchev–Trinajstić information content (AvgIpc) is 3.78. The molecule has 6 heteroatoms. The molecule has 0 aliphatic heterocycles. The van der Waals surface area contributed by atoms with Crippen LogP contribution in [-0.4, -0.2) is 31.1 Å². The van der Waals surface area contributed by atoms with E-state index in [2.05, 4.69) is 36.4 Å². The van der Waals surface area contributed by atoms with Crippen LogP contribution < -0.4 is 0 Å². The number of halogens is 1. The normalized spacial score (nSPS) is 14.5. The molecule has 0 amide bonds. The number of rotatable bonds is 12. The summed E-state index contributed by atoms with van der Waals surface area (Å²) < 4.78 is 10.00. The molecule has 1 heterocycles. The second-order valence-electron chi connectivity index (χ2n) is 11.3. The summed E-state index contributed by atoms with van der Waals surface area (Å²) in [5, 5.41) is 1.72. The van der Waals surface area contributed by atoms with Crippen LogP contribution in [-0.2, 0) is 20.7 Å². The molecule has 1 aromatic heterocycles. The number of hydrogen-bond acceptors (Lipinski definition) is 5. The van der Waals surface area contributed by atoms with E-state index in [9.17, 15) is 9.59 Å². The minimum Gasteiger partial charge on any atom is -0.469 e. The number of benzene rings is 3. The van der Waals surface area contributed by atoms with Gasteiger partial charge in [-0.2, -0.15) is 0 Å². The highest BCUT2D eigenvalue weighted by molar-refractivity contribution is 6.31. The Morgan fingerprint density at radius 2 is 1.74 bits per heavy atom.